The van der Waals surface area contributed by atoms with E-state index < -0.39 is 12.1 Å². The molecule has 1 aromatic heterocycles. The van der Waals surface area contributed by atoms with Gasteiger partial charge in [-0.15, -0.1) is 5.10 Å². The Hall–Kier alpha value is -2.77. The Bertz CT molecular complexity index is 610. The summed E-state index contributed by atoms with van der Waals surface area (Å²) < 4.78 is 11.3. The van der Waals surface area contributed by atoms with Crippen LogP contribution < -0.4 is 4.74 Å². The number of aromatic nitrogens is 4. The first-order chi connectivity index (χ1) is 10.1. The van der Waals surface area contributed by atoms with Crippen LogP contribution in [0.1, 0.15) is 17.3 Å². The maximum absolute atomic E-state index is 12.1. The Balaban J connectivity index is 1.93. The van der Waals surface area contributed by atoms with E-state index in [0.29, 0.717) is 11.3 Å². The third-order valence-electron chi connectivity index (χ3n) is 2.73. The van der Waals surface area contributed by atoms with Gasteiger partial charge in [0, 0.05) is 5.56 Å². The molecule has 0 N–H and O–H groups in total. The first-order valence-corrected chi connectivity index (χ1v) is 6.18. The zero-order valence-corrected chi connectivity index (χ0v) is 11.6. The molecule has 2 rings (SSSR count). The number of carbonyl (C=O) groups is 2. The maximum atomic E-state index is 12.1. The molecule has 0 aliphatic heterocycles. The second-order valence-electron chi connectivity index (χ2n) is 4.23. The molecule has 1 atom stereocenters. The average Bonchev–Trinajstić information content (AvgIpc) is 2.99. The molecule has 0 bridgehead atoms. The molecule has 8 heteroatoms. The molecule has 1 aromatic carbocycles. The lowest BCUT2D eigenvalue weighted by molar-refractivity contribution is -0.147. The van der Waals surface area contributed by atoms with Crippen LogP contribution in [0.3, 0.4) is 0 Å². The van der Waals surface area contributed by atoms with E-state index in [0.717, 1.165) is 0 Å². The molecule has 0 fully saturated rings. The van der Waals surface area contributed by atoms with Crippen LogP contribution in [0.25, 0.3) is 0 Å². The first-order valence-electron chi connectivity index (χ1n) is 6.18. The van der Waals surface area contributed by atoms with Crippen LogP contribution in [-0.4, -0.2) is 45.2 Å². The minimum absolute atomic E-state index is 0.146. The highest BCUT2D eigenvalue weighted by molar-refractivity contribution is 6.00. The number of ether oxygens (including phenoxy) is 2. The van der Waals surface area contributed by atoms with Crippen LogP contribution in [0, 0.1) is 0 Å². The second kappa shape index (κ2) is 6.60. The van der Waals surface area contributed by atoms with Crippen LogP contribution >= 0.6 is 0 Å². The van der Waals surface area contributed by atoms with Crippen molar-refractivity contribution < 1.29 is 19.1 Å². The molecule has 110 valence electrons. The Morgan fingerprint density at radius 3 is 2.57 bits per heavy atom. The number of rotatable bonds is 6. The Morgan fingerprint density at radius 1 is 1.29 bits per heavy atom. The highest BCUT2D eigenvalue weighted by Crippen LogP contribution is 2.13. The molecule has 2 aromatic rings. The molecular formula is C13H14N4O4. The Kier molecular flexibility index (Phi) is 4.60. The predicted molar refractivity (Wildman–Crippen MR) is 70.7 cm³/mol. The summed E-state index contributed by atoms with van der Waals surface area (Å²) in [5.41, 5.74) is 0.443. The summed E-state index contributed by atoms with van der Waals surface area (Å²) in [6.45, 7) is 1.37. The molecule has 0 aliphatic rings. The van der Waals surface area contributed by atoms with Crippen LogP contribution in [0.15, 0.2) is 30.6 Å². The van der Waals surface area contributed by atoms with Crippen LogP contribution in [0.5, 0.6) is 5.75 Å². The Labute approximate surface area is 120 Å². The van der Waals surface area contributed by atoms with E-state index in [1.165, 1.54) is 17.9 Å². The van der Waals surface area contributed by atoms with Gasteiger partial charge in [0.25, 0.3) is 0 Å². The number of methoxy groups -OCH3 is 1. The second-order valence-corrected chi connectivity index (χ2v) is 4.23. The molecule has 0 unspecified atom stereocenters. The fraction of sp³-hybridized carbons (Fsp3) is 0.308. The fourth-order valence-corrected chi connectivity index (χ4v) is 1.66. The minimum atomic E-state index is -0.887. The molecular weight excluding hydrogens is 276 g/mol. The van der Waals surface area contributed by atoms with Gasteiger partial charge < -0.3 is 9.47 Å². The number of esters is 1. The van der Waals surface area contributed by atoms with Crippen molar-refractivity contribution in [1.29, 1.82) is 0 Å². The lowest BCUT2D eigenvalue weighted by Gasteiger charge is -2.12. The number of ketones is 1. The summed E-state index contributed by atoms with van der Waals surface area (Å²) >= 11 is 0. The smallest absolute Gasteiger partial charge is 0.328 e. The molecule has 0 radical (unpaired) electrons. The topological polar surface area (TPSA) is 96.2 Å². The van der Waals surface area contributed by atoms with Gasteiger partial charge in [0.2, 0.25) is 5.78 Å². The van der Waals surface area contributed by atoms with Gasteiger partial charge in [-0.05, 0) is 41.6 Å². The lowest BCUT2D eigenvalue weighted by atomic mass is 10.1. The molecule has 0 aliphatic carbocycles. The van der Waals surface area contributed by atoms with Gasteiger partial charge in [-0.2, -0.15) is 0 Å². The largest absolute Gasteiger partial charge is 0.497 e. The number of hydrogen-bond donors (Lipinski definition) is 0. The highest BCUT2D eigenvalue weighted by atomic mass is 16.5. The van der Waals surface area contributed by atoms with Crippen molar-refractivity contribution in [3.8, 4) is 5.75 Å². The lowest BCUT2D eigenvalue weighted by Crippen LogP contribution is -2.26. The number of benzene rings is 1. The average molecular weight is 290 g/mol. The Morgan fingerprint density at radius 2 is 2.00 bits per heavy atom. The van der Waals surface area contributed by atoms with E-state index in [4.69, 9.17) is 9.47 Å². The molecule has 1 heterocycles. The third kappa shape index (κ3) is 3.85. The maximum Gasteiger partial charge on any atom is 0.328 e. The van der Waals surface area contributed by atoms with Crippen molar-refractivity contribution in [2.75, 3.05) is 7.11 Å². The summed E-state index contributed by atoms with van der Waals surface area (Å²) in [6, 6.07) is 6.57. The van der Waals surface area contributed by atoms with E-state index in [-0.39, 0.29) is 12.3 Å². The SMILES string of the molecule is COc1ccc(C(=O)[C@@H](C)OC(=O)Cn2cnnn2)cc1. The predicted octanol–water partition coefficient (Wildman–Crippen LogP) is 0.496. The molecule has 0 amide bonds. The van der Waals surface area contributed by atoms with Crippen molar-refractivity contribution in [3.63, 3.8) is 0 Å². The minimum Gasteiger partial charge on any atom is -0.497 e. The molecule has 0 saturated heterocycles. The number of hydrogen-bond acceptors (Lipinski definition) is 7. The monoisotopic (exact) mass is 290 g/mol. The number of nitrogens with zero attached hydrogens (tertiary/aromatic N) is 4. The van der Waals surface area contributed by atoms with Gasteiger partial charge in [-0.1, -0.05) is 0 Å². The third-order valence-corrected chi connectivity index (χ3v) is 2.73. The standard InChI is InChI=1S/C13H14N4O4/c1-9(21-12(18)7-17-8-14-15-16-17)13(19)10-3-5-11(20-2)6-4-10/h3-6,8-9H,7H2,1-2H3/t9-/m1/s1. The number of carbonyl (C=O) groups excluding carboxylic acids is 2. The van der Waals surface area contributed by atoms with Gasteiger partial charge in [-0.25, -0.2) is 4.68 Å². The van der Waals surface area contributed by atoms with Crippen molar-refractivity contribution in [3.05, 3.63) is 36.2 Å². The molecule has 0 saturated carbocycles. The van der Waals surface area contributed by atoms with Gasteiger partial charge in [0.1, 0.15) is 18.6 Å². The van der Waals surface area contributed by atoms with Crippen molar-refractivity contribution in [2.45, 2.75) is 19.6 Å². The molecule has 0 spiro atoms. The van der Waals surface area contributed by atoms with E-state index in [2.05, 4.69) is 15.5 Å². The summed E-state index contributed by atoms with van der Waals surface area (Å²) in [4.78, 5) is 23.8. The number of Topliss-reactive ketones (excluding diaryl/α,β-unsaturated/α-hetero) is 1. The van der Waals surface area contributed by atoms with Crippen LogP contribution in [0.4, 0.5) is 0 Å². The summed E-state index contributed by atoms with van der Waals surface area (Å²) in [6.07, 6.45) is 0.402. The van der Waals surface area contributed by atoms with Crippen molar-refractivity contribution in [1.82, 2.24) is 20.2 Å². The zero-order valence-electron chi connectivity index (χ0n) is 11.6. The van der Waals surface area contributed by atoms with Gasteiger partial charge in [-0.3, -0.25) is 9.59 Å². The van der Waals surface area contributed by atoms with Gasteiger partial charge >= 0.3 is 5.97 Å². The molecule has 8 nitrogen and oxygen atoms in total. The fourth-order valence-electron chi connectivity index (χ4n) is 1.66. The van der Waals surface area contributed by atoms with E-state index in [1.807, 2.05) is 0 Å². The van der Waals surface area contributed by atoms with Gasteiger partial charge in [0.05, 0.1) is 7.11 Å². The first kappa shape index (κ1) is 14.6. The highest BCUT2D eigenvalue weighted by Gasteiger charge is 2.19. The van der Waals surface area contributed by atoms with Crippen LogP contribution in [0.2, 0.25) is 0 Å². The summed E-state index contributed by atoms with van der Waals surface area (Å²) in [5.74, 6) is -0.228. The summed E-state index contributed by atoms with van der Waals surface area (Å²) in [7, 11) is 1.54. The van der Waals surface area contributed by atoms with Gasteiger partial charge in [0.15, 0.2) is 6.10 Å². The van der Waals surface area contributed by atoms with Crippen molar-refractivity contribution >= 4 is 11.8 Å². The van der Waals surface area contributed by atoms with E-state index in [9.17, 15) is 9.59 Å². The summed E-state index contributed by atoms with van der Waals surface area (Å²) in [5, 5.41) is 10.3. The quantitative estimate of drug-likeness (QED) is 0.564. The zero-order chi connectivity index (χ0) is 15.2. The van der Waals surface area contributed by atoms with E-state index >= 15 is 0 Å². The van der Waals surface area contributed by atoms with E-state index in [1.54, 1.807) is 31.4 Å². The van der Waals surface area contributed by atoms with Crippen molar-refractivity contribution in [2.24, 2.45) is 0 Å². The molecule has 21 heavy (non-hydrogen) atoms. The normalized spacial score (nSPS) is 11.7. The van der Waals surface area contributed by atoms with Crippen LogP contribution in [-0.2, 0) is 16.1 Å². The number of tetrazole rings is 1.